The van der Waals surface area contributed by atoms with Gasteiger partial charge in [0.1, 0.15) is 6.10 Å². The second-order valence-electron chi connectivity index (χ2n) is 8.58. The zero-order chi connectivity index (χ0) is 20.0. The Bertz CT molecular complexity index is 774. The molecule has 0 saturated carbocycles. The Morgan fingerprint density at radius 1 is 1.11 bits per heavy atom. The maximum absolute atomic E-state index is 13.4. The average Bonchev–Trinajstić information content (AvgIpc) is 3.38. The lowest BCUT2D eigenvalue weighted by Gasteiger charge is -2.37. The van der Waals surface area contributed by atoms with E-state index in [9.17, 15) is 9.59 Å². The number of carbonyl (C=O) groups excluding carboxylic acids is 2. The quantitative estimate of drug-likeness (QED) is 0.789. The molecule has 3 fully saturated rings. The van der Waals surface area contributed by atoms with E-state index in [-0.39, 0.29) is 30.0 Å². The van der Waals surface area contributed by atoms with Crippen LogP contribution in [0.5, 0.6) is 0 Å². The number of hydrogen-bond acceptors (Lipinski definition) is 4. The molecule has 3 aliphatic heterocycles. The van der Waals surface area contributed by atoms with Crippen molar-refractivity contribution in [3.8, 4) is 0 Å². The first-order chi connectivity index (χ1) is 13.4. The third kappa shape index (κ3) is 3.13. The van der Waals surface area contributed by atoms with Gasteiger partial charge in [-0.3, -0.25) is 14.3 Å². The van der Waals surface area contributed by atoms with E-state index in [2.05, 4.69) is 18.9 Å². The summed E-state index contributed by atoms with van der Waals surface area (Å²) in [5, 5.41) is 4.55. The van der Waals surface area contributed by atoms with Gasteiger partial charge in [0.25, 0.3) is 11.8 Å². The van der Waals surface area contributed by atoms with Crippen LogP contribution in [0.25, 0.3) is 0 Å². The van der Waals surface area contributed by atoms with Crippen LogP contribution in [-0.2, 0) is 29.4 Å². The molecule has 0 N–H and O–H groups in total. The number of fused-ring (bicyclic) bond motifs is 2. The number of piperazine rings is 1. The maximum atomic E-state index is 13.4. The van der Waals surface area contributed by atoms with Gasteiger partial charge in [0, 0.05) is 26.7 Å². The molecule has 3 saturated heterocycles. The summed E-state index contributed by atoms with van der Waals surface area (Å²) in [7, 11) is 1.91. The van der Waals surface area contributed by atoms with Crippen molar-refractivity contribution >= 4 is 11.8 Å². The van der Waals surface area contributed by atoms with Gasteiger partial charge < -0.3 is 14.5 Å². The largest absolute Gasteiger partial charge is 0.368 e. The van der Waals surface area contributed by atoms with Gasteiger partial charge in [0.2, 0.25) is 0 Å². The number of likely N-dealkylation sites (tertiary alicyclic amines) is 2. The van der Waals surface area contributed by atoms with Crippen molar-refractivity contribution in [1.29, 1.82) is 0 Å². The Morgan fingerprint density at radius 3 is 2.43 bits per heavy atom. The third-order valence-corrected chi connectivity index (χ3v) is 6.73. The summed E-state index contributed by atoms with van der Waals surface area (Å²) in [4.78, 5) is 30.3. The van der Waals surface area contributed by atoms with Gasteiger partial charge in [-0.05, 0) is 38.0 Å². The lowest BCUT2D eigenvalue weighted by atomic mass is 9.97. The maximum Gasteiger partial charge on any atom is 0.258 e. The summed E-state index contributed by atoms with van der Waals surface area (Å²) < 4.78 is 7.60. The summed E-state index contributed by atoms with van der Waals surface area (Å²) in [6.45, 7) is 8.22. The van der Waals surface area contributed by atoms with Gasteiger partial charge in [-0.2, -0.15) is 5.10 Å². The summed E-state index contributed by atoms with van der Waals surface area (Å²) in [6, 6.07) is 0.228. The van der Waals surface area contributed by atoms with Crippen molar-refractivity contribution in [2.45, 2.75) is 71.1 Å². The average molecular weight is 389 g/mol. The number of nitrogens with zero attached hydrogens (tertiary/aromatic N) is 4. The molecule has 7 nitrogen and oxygen atoms in total. The smallest absolute Gasteiger partial charge is 0.258 e. The predicted octanol–water partition coefficient (Wildman–Crippen LogP) is 1.79. The van der Waals surface area contributed by atoms with Crippen molar-refractivity contribution in [3.05, 3.63) is 17.0 Å². The highest BCUT2D eigenvalue weighted by molar-refractivity contribution is 5.97. The molecule has 1 aromatic heterocycles. The van der Waals surface area contributed by atoms with Crippen LogP contribution in [0.2, 0.25) is 0 Å². The van der Waals surface area contributed by atoms with E-state index in [0.29, 0.717) is 25.6 Å². The van der Waals surface area contributed by atoms with Crippen LogP contribution in [0.15, 0.2) is 0 Å². The Morgan fingerprint density at radius 2 is 1.82 bits per heavy atom. The molecular weight excluding hydrogens is 356 g/mol. The van der Waals surface area contributed by atoms with Crippen molar-refractivity contribution in [1.82, 2.24) is 19.6 Å². The Kier molecular flexibility index (Phi) is 5.21. The molecule has 3 aliphatic rings. The molecule has 0 aliphatic carbocycles. The molecular formula is C21H32N4O3. The molecule has 2 bridgehead atoms. The van der Waals surface area contributed by atoms with Crippen LogP contribution in [0.3, 0.4) is 0 Å². The minimum Gasteiger partial charge on any atom is -0.368 e. The van der Waals surface area contributed by atoms with E-state index >= 15 is 0 Å². The van der Waals surface area contributed by atoms with Crippen LogP contribution in [0, 0.1) is 5.92 Å². The first-order valence-electron chi connectivity index (χ1n) is 10.7. The van der Waals surface area contributed by atoms with Crippen LogP contribution in [0.1, 0.15) is 61.8 Å². The Balaban J connectivity index is 1.47. The van der Waals surface area contributed by atoms with Crippen molar-refractivity contribution < 1.29 is 14.3 Å². The van der Waals surface area contributed by atoms with Gasteiger partial charge in [-0.1, -0.05) is 20.8 Å². The number of aryl methyl sites for hydroxylation is 2. The second kappa shape index (κ2) is 7.50. The molecule has 4 heterocycles. The number of amides is 2. The zero-order valence-corrected chi connectivity index (χ0v) is 17.5. The predicted molar refractivity (Wildman–Crippen MR) is 105 cm³/mol. The van der Waals surface area contributed by atoms with Crippen LogP contribution in [0.4, 0.5) is 0 Å². The van der Waals surface area contributed by atoms with Crippen LogP contribution < -0.4 is 0 Å². The highest BCUT2D eigenvalue weighted by Crippen LogP contribution is 2.34. The van der Waals surface area contributed by atoms with Gasteiger partial charge >= 0.3 is 0 Å². The molecule has 0 unspecified atom stereocenters. The third-order valence-electron chi connectivity index (χ3n) is 6.73. The molecule has 4 atom stereocenters. The fourth-order valence-electron chi connectivity index (χ4n) is 5.17. The van der Waals surface area contributed by atoms with Gasteiger partial charge in [0.05, 0.1) is 29.0 Å². The molecule has 0 radical (unpaired) electrons. The van der Waals surface area contributed by atoms with Crippen LogP contribution >= 0.6 is 0 Å². The first kappa shape index (κ1) is 19.4. The molecule has 0 spiro atoms. The standard InChI is InChI=1S/C21H32N4O3/c1-5-16-19(17(6-2)23(4)22-16)21(27)25-12-14-10-15(25)11-24(14)20(26)18-9-13(3)7-8-28-18/h13-15,18H,5-12H2,1-4H3/t13-,14-,15-,18-/m0/s1. The molecule has 4 rings (SSSR count). The Hall–Kier alpha value is -1.89. The minimum absolute atomic E-state index is 0.0870. The highest BCUT2D eigenvalue weighted by atomic mass is 16.5. The minimum atomic E-state index is -0.302. The monoisotopic (exact) mass is 388 g/mol. The molecule has 1 aromatic rings. The summed E-state index contributed by atoms with van der Waals surface area (Å²) >= 11 is 0. The van der Waals surface area contributed by atoms with E-state index in [1.165, 1.54) is 0 Å². The lowest BCUT2D eigenvalue weighted by molar-refractivity contribution is -0.150. The number of rotatable bonds is 4. The second-order valence-corrected chi connectivity index (χ2v) is 8.58. The molecule has 28 heavy (non-hydrogen) atoms. The van der Waals surface area contributed by atoms with Crippen molar-refractivity contribution in [3.63, 3.8) is 0 Å². The van der Waals surface area contributed by atoms with Crippen LogP contribution in [-0.4, -0.2) is 69.3 Å². The molecule has 2 amide bonds. The van der Waals surface area contributed by atoms with E-state index in [4.69, 9.17) is 4.74 Å². The lowest BCUT2D eigenvalue weighted by Crippen LogP contribution is -2.54. The first-order valence-corrected chi connectivity index (χ1v) is 10.7. The summed E-state index contributed by atoms with van der Waals surface area (Å²) in [5.74, 6) is 0.742. The van der Waals surface area contributed by atoms with Gasteiger partial charge in [0.15, 0.2) is 0 Å². The topological polar surface area (TPSA) is 67.7 Å². The summed E-state index contributed by atoms with van der Waals surface area (Å²) in [5.41, 5.74) is 2.66. The van der Waals surface area contributed by atoms with Crippen molar-refractivity contribution in [2.75, 3.05) is 19.7 Å². The fourth-order valence-corrected chi connectivity index (χ4v) is 5.17. The van der Waals surface area contributed by atoms with Gasteiger partial charge in [-0.15, -0.1) is 0 Å². The molecule has 0 aromatic carbocycles. The van der Waals surface area contributed by atoms with Crippen molar-refractivity contribution in [2.24, 2.45) is 13.0 Å². The van der Waals surface area contributed by atoms with E-state index < -0.39 is 0 Å². The Labute approximate surface area is 167 Å². The summed E-state index contributed by atoms with van der Waals surface area (Å²) in [6.07, 6.45) is 3.95. The highest BCUT2D eigenvalue weighted by Gasteiger charge is 2.49. The zero-order valence-electron chi connectivity index (χ0n) is 17.5. The number of carbonyl (C=O) groups is 2. The molecule has 154 valence electrons. The fraction of sp³-hybridized carbons (Fsp3) is 0.762. The SMILES string of the molecule is CCc1nn(C)c(CC)c1C(=O)N1C[C@@H]2C[C@H]1CN2C(=O)[C@@H]1C[C@@H](C)CCO1. The van der Waals surface area contributed by atoms with Gasteiger partial charge in [-0.25, -0.2) is 0 Å². The molecule has 7 heteroatoms. The number of ether oxygens (including phenoxy) is 1. The number of aromatic nitrogens is 2. The normalized spacial score (nSPS) is 29.6. The number of hydrogen-bond donors (Lipinski definition) is 0. The van der Waals surface area contributed by atoms with E-state index in [1.54, 1.807) is 0 Å². The van der Waals surface area contributed by atoms with E-state index in [0.717, 1.165) is 49.1 Å². The van der Waals surface area contributed by atoms with E-state index in [1.807, 2.05) is 28.5 Å².